The first kappa shape index (κ1) is 10.6. The monoisotopic (exact) mass is 221 g/mol. The Balaban J connectivity index is 3.18. The van der Waals surface area contributed by atoms with E-state index in [1.54, 1.807) is 0 Å². The molecule has 3 nitrogen and oxygen atoms in total. The summed E-state index contributed by atoms with van der Waals surface area (Å²) in [5.74, 6) is -0.171. The van der Waals surface area contributed by atoms with Crippen molar-refractivity contribution in [3.8, 4) is 5.75 Å². The van der Waals surface area contributed by atoms with Crippen molar-refractivity contribution < 1.29 is 10.2 Å². The zero-order chi connectivity index (χ0) is 10.0. The van der Waals surface area contributed by atoms with Crippen LogP contribution < -0.4 is 5.73 Å². The molecule has 0 saturated heterocycles. The van der Waals surface area contributed by atoms with Gasteiger partial charge in [-0.15, -0.1) is 0 Å². The van der Waals surface area contributed by atoms with Crippen LogP contribution in [0.25, 0.3) is 0 Å². The van der Waals surface area contributed by atoms with Gasteiger partial charge in [0.05, 0.1) is 17.7 Å². The zero-order valence-corrected chi connectivity index (χ0v) is 8.18. The highest BCUT2D eigenvalue weighted by atomic mass is 35.5. The molecule has 1 rings (SSSR count). The quantitative estimate of drug-likeness (QED) is 0.713. The van der Waals surface area contributed by atoms with Gasteiger partial charge < -0.3 is 15.9 Å². The largest absolute Gasteiger partial charge is 0.506 e. The maximum atomic E-state index is 9.47. The number of aromatic hydroxyl groups is 1. The molecule has 1 atom stereocenters. The molecule has 0 aliphatic rings. The third-order valence-electron chi connectivity index (χ3n) is 1.70. The molecule has 13 heavy (non-hydrogen) atoms. The molecule has 0 radical (unpaired) electrons. The lowest BCUT2D eigenvalue weighted by Crippen LogP contribution is -2.14. The maximum absolute atomic E-state index is 9.47. The van der Waals surface area contributed by atoms with Gasteiger partial charge >= 0.3 is 0 Å². The number of rotatable bonds is 2. The summed E-state index contributed by atoms with van der Waals surface area (Å²) >= 11 is 11.3. The first-order chi connectivity index (χ1) is 6.07. The molecular formula is C8H9Cl2NO2. The van der Waals surface area contributed by atoms with E-state index in [4.69, 9.17) is 34.0 Å². The number of hydrogen-bond donors (Lipinski definition) is 3. The Morgan fingerprint density at radius 2 is 2.00 bits per heavy atom. The second-order valence-corrected chi connectivity index (χ2v) is 3.37. The van der Waals surface area contributed by atoms with Crippen molar-refractivity contribution in [3.63, 3.8) is 0 Å². The van der Waals surface area contributed by atoms with Crippen LogP contribution in [-0.4, -0.2) is 16.8 Å². The lowest BCUT2D eigenvalue weighted by atomic mass is 10.1. The van der Waals surface area contributed by atoms with Gasteiger partial charge in [0, 0.05) is 5.56 Å². The molecule has 0 heterocycles. The van der Waals surface area contributed by atoms with Crippen molar-refractivity contribution in [3.05, 3.63) is 27.7 Å². The van der Waals surface area contributed by atoms with Gasteiger partial charge in [-0.1, -0.05) is 29.3 Å². The second kappa shape index (κ2) is 4.15. The lowest BCUT2D eigenvalue weighted by molar-refractivity contribution is 0.265. The van der Waals surface area contributed by atoms with E-state index in [-0.39, 0.29) is 22.4 Å². The molecule has 1 aromatic rings. The third-order valence-corrected chi connectivity index (χ3v) is 2.49. The molecule has 0 saturated carbocycles. The van der Waals surface area contributed by atoms with Crippen LogP contribution in [0.3, 0.4) is 0 Å². The summed E-state index contributed by atoms with van der Waals surface area (Å²) in [5, 5.41) is 18.5. The Labute approximate surface area is 85.7 Å². The van der Waals surface area contributed by atoms with E-state index in [2.05, 4.69) is 0 Å². The van der Waals surface area contributed by atoms with Crippen LogP contribution in [0.15, 0.2) is 12.1 Å². The van der Waals surface area contributed by atoms with Crippen molar-refractivity contribution in [1.82, 2.24) is 0 Å². The lowest BCUT2D eigenvalue weighted by Gasteiger charge is -2.11. The van der Waals surface area contributed by atoms with Gasteiger partial charge in [-0.2, -0.15) is 0 Å². The summed E-state index contributed by atoms with van der Waals surface area (Å²) in [6.07, 6.45) is 0. The van der Waals surface area contributed by atoms with Crippen LogP contribution in [0.4, 0.5) is 0 Å². The predicted octanol–water partition coefficient (Wildman–Crippen LogP) is 1.69. The number of nitrogens with two attached hydrogens (primary N) is 1. The summed E-state index contributed by atoms with van der Waals surface area (Å²) in [4.78, 5) is 0. The van der Waals surface area contributed by atoms with E-state index < -0.39 is 6.04 Å². The molecule has 0 fully saturated rings. The summed E-state index contributed by atoms with van der Waals surface area (Å²) in [6, 6.07) is 2.41. The Bertz CT molecular complexity index is 317. The number of phenolic OH excluding ortho intramolecular Hbond substituents is 1. The SMILES string of the molecule is NC(CO)c1ccc(Cl)c(Cl)c1O. The first-order valence-electron chi connectivity index (χ1n) is 3.61. The predicted molar refractivity (Wildman–Crippen MR) is 52.1 cm³/mol. The normalized spacial score (nSPS) is 12.9. The topological polar surface area (TPSA) is 66.5 Å². The molecule has 1 aromatic carbocycles. The number of benzene rings is 1. The zero-order valence-electron chi connectivity index (χ0n) is 6.67. The van der Waals surface area contributed by atoms with E-state index in [0.717, 1.165) is 0 Å². The van der Waals surface area contributed by atoms with Gasteiger partial charge in [0.15, 0.2) is 0 Å². The minimum absolute atomic E-state index is 0.0584. The first-order valence-corrected chi connectivity index (χ1v) is 4.36. The van der Waals surface area contributed by atoms with Crippen LogP contribution >= 0.6 is 23.2 Å². The maximum Gasteiger partial charge on any atom is 0.140 e. The van der Waals surface area contributed by atoms with Crippen LogP contribution in [0.2, 0.25) is 10.0 Å². The van der Waals surface area contributed by atoms with E-state index in [0.29, 0.717) is 5.56 Å². The molecule has 0 bridgehead atoms. The molecule has 5 heteroatoms. The summed E-state index contributed by atoms with van der Waals surface area (Å²) in [7, 11) is 0. The van der Waals surface area contributed by atoms with E-state index in [1.165, 1.54) is 12.1 Å². The van der Waals surface area contributed by atoms with E-state index >= 15 is 0 Å². The number of halogens is 2. The molecule has 0 aliphatic carbocycles. The van der Waals surface area contributed by atoms with Crippen LogP contribution in [0.1, 0.15) is 11.6 Å². The Morgan fingerprint density at radius 1 is 1.38 bits per heavy atom. The molecule has 0 amide bonds. The highest BCUT2D eigenvalue weighted by Gasteiger charge is 2.14. The van der Waals surface area contributed by atoms with Crippen molar-refractivity contribution in [1.29, 1.82) is 0 Å². The molecule has 4 N–H and O–H groups in total. The summed E-state index contributed by atoms with van der Waals surface area (Å²) < 4.78 is 0. The van der Waals surface area contributed by atoms with Crippen LogP contribution in [0, 0.1) is 0 Å². The van der Waals surface area contributed by atoms with Crippen molar-refractivity contribution in [2.24, 2.45) is 5.73 Å². The number of hydrogen-bond acceptors (Lipinski definition) is 3. The molecule has 0 aromatic heterocycles. The Kier molecular flexibility index (Phi) is 3.39. The standard InChI is InChI=1S/C8H9Cl2NO2/c9-5-2-1-4(6(11)3-12)8(13)7(5)10/h1-2,6,12-13H,3,11H2. The van der Waals surface area contributed by atoms with E-state index in [1.807, 2.05) is 0 Å². The Hall–Kier alpha value is -0.480. The number of aliphatic hydroxyl groups excluding tert-OH is 1. The molecular weight excluding hydrogens is 213 g/mol. The number of phenols is 1. The smallest absolute Gasteiger partial charge is 0.140 e. The third kappa shape index (κ3) is 2.06. The minimum Gasteiger partial charge on any atom is -0.506 e. The minimum atomic E-state index is -0.644. The highest BCUT2D eigenvalue weighted by molar-refractivity contribution is 6.43. The fourth-order valence-corrected chi connectivity index (χ4v) is 1.28. The van der Waals surface area contributed by atoms with Gasteiger partial charge in [0.1, 0.15) is 10.8 Å². The molecule has 0 spiro atoms. The van der Waals surface area contributed by atoms with Gasteiger partial charge in [0.2, 0.25) is 0 Å². The van der Waals surface area contributed by atoms with Gasteiger partial charge in [-0.05, 0) is 6.07 Å². The van der Waals surface area contributed by atoms with Crippen LogP contribution in [0.5, 0.6) is 5.75 Å². The average Bonchev–Trinajstić information content (AvgIpc) is 2.13. The fraction of sp³-hybridized carbons (Fsp3) is 0.250. The highest BCUT2D eigenvalue weighted by Crippen LogP contribution is 2.36. The van der Waals surface area contributed by atoms with Crippen molar-refractivity contribution in [2.45, 2.75) is 6.04 Å². The number of aliphatic hydroxyl groups is 1. The van der Waals surface area contributed by atoms with Gasteiger partial charge in [-0.25, -0.2) is 0 Å². The summed E-state index contributed by atoms with van der Waals surface area (Å²) in [5.41, 5.74) is 5.89. The average molecular weight is 222 g/mol. The van der Waals surface area contributed by atoms with Crippen molar-refractivity contribution in [2.75, 3.05) is 6.61 Å². The van der Waals surface area contributed by atoms with E-state index in [9.17, 15) is 5.11 Å². The molecule has 1 unspecified atom stereocenters. The second-order valence-electron chi connectivity index (χ2n) is 2.59. The molecule has 0 aliphatic heterocycles. The summed E-state index contributed by atoms with van der Waals surface area (Å²) in [6.45, 7) is -0.258. The Morgan fingerprint density at radius 3 is 2.54 bits per heavy atom. The van der Waals surface area contributed by atoms with Gasteiger partial charge in [-0.3, -0.25) is 0 Å². The molecule has 72 valence electrons. The van der Waals surface area contributed by atoms with Crippen molar-refractivity contribution >= 4 is 23.2 Å². The van der Waals surface area contributed by atoms with Gasteiger partial charge in [0.25, 0.3) is 0 Å². The fourth-order valence-electron chi connectivity index (χ4n) is 0.952. The van der Waals surface area contributed by atoms with Crippen LogP contribution in [-0.2, 0) is 0 Å².